The van der Waals surface area contributed by atoms with Crippen LogP contribution in [0.5, 0.6) is 0 Å². The van der Waals surface area contributed by atoms with Gasteiger partial charge in [-0.05, 0) is 30.0 Å². The van der Waals surface area contributed by atoms with Gasteiger partial charge >= 0.3 is 0 Å². The molecule has 1 aromatic carbocycles. The van der Waals surface area contributed by atoms with Crippen molar-refractivity contribution < 1.29 is 8.42 Å². The molecule has 0 amide bonds. The van der Waals surface area contributed by atoms with Gasteiger partial charge in [0.15, 0.2) is 0 Å². The van der Waals surface area contributed by atoms with Crippen molar-refractivity contribution in [2.75, 3.05) is 12.3 Å². The van der Waals surface area contributed by atoms with Gasteiger partial charge in [-0.2, -0.15) is 4.31 Å². The number of sulfonamides is 1. The highest BCUT2D eigenvalue weighted by molar-refractivity contribution is 7.89. The zero-order valence-electron chi connectivity index (χ0n) is 10.0. The Morgan fingerprint density at radius 2 is 2.18 bits per heavy atom. The SMILES string of the molecule is Cc1cc(CN)ccc1CN1CCCS1(=O)=O. The minimum Gasteiger partial charge on any atom is -0.326 e. The number of rotatable bonds is 3. The van der Waals surface area contributed by atoms with Crippen LogP contribution in [0.3, 0.4) is 0 Å². The fourth-order valence-electron chi connectivity index (χ4n) is 2.12. The third kappa shape index (κ3) is 2.68. The molecule has 1 aromatic rings. The Labute approximate surface area is 102 Å². The fourth-order valence-corrected chi connectivity index (χ4v) is 3.62. The molecule has 1 aliphatic rings. The first-order valence-electron chi connectivity index (χ1n) is 5.79. The molecule has 1 fully saturated rings. The Hall–Kier alpha value is -0.910. The van der Waals surface area contributed by atoms with Crippen LogP contribution in [0.15, 0.2) is 18.2 Å². The number of aryl methyl sites for hydroxylation is 1. The topological polar surface area (TPSA) is 63.4 Å². The maximum Gasteiger partial charge on any atom is 0.214 e. The third-order valence-electron chi connectivity index (χ3n) is 3.19. The van der Waals surface area contributed by atoms with Crippen molar-refractivity contribution in [2.24, 2.45) is 5.73 Å². The van der Waals surface area contributed by atoms with Crippen molar-refractivity contribution >= 4 is 10.0 Å². The van der Waals surface area contributed by atoms with Crippen molar-refractivity contribution in [1.82, 2.24) is 4.31 Å². The summed E-state index contributed by atoms with van der Waals surface area (Å²) < 4.78 is 25.0. The summed E-state index contributed by atoms with van der Waals surface area (Å²) in [6.45, 7) is 3.64. The summed E-state index contributed by atoms with van der Waals surface area (Å²) in [5, 5.41) is 0. The Morgan fingerprint density at radius 1 is 1.41 bits per heavy atom. The molecule has 1 heterocycles. The van der Waals surface area contributed by atoms with Gasteiger partial charge in [-0.25, -0.2) is 8.42 Å². The summed E-state index contributed by atoms with van der Waals surface area (Å²) in [7, 11) is -3.01. The molecule has 2 rings (SSSR count). The summed E-state index contributed by atoms with van der Waals surface area (Å²) in [4.78, 5) is 0. The highest BCUT2D eigenvalue weighted by atomic mass is 32.2. The normalized spacial score (nSPS) is 19.6. The molecule has 0 bridgehead atoms. The summed E-state index contributed by atoms with van der Waals surface area (Å²) in [5.41, 5.74) is 8.82. The van der Waals surface area contributed by atoms with E-state index in [1.54, 1.807) is 4.31 Å². The van der Waals surface area contributed by atoms with Crippen molar-refractivity contribution in [1.29, 1.82) is 0 Å². The molecule has 94 valence electrons. The van der Waals surface area contributed by atoms with Crippen molar-refractivity contribution in [3.05, 3.63) is 34.9 Å². The third-order valence-corrected chi connectivity index (χ3v) is 5.10. The molecule has 2 N–H and O–H groups in total. The van der Waals surface area contributed by atoms with E-state index in [1.807, 2.05) is 25.1 Å². The molecule has 0 saturated carbocycles. The van der Waals surface area contributed by atoms with Crippen LogP contribution in [0.1, 0.15) is 23.1 Å². The van der Waals surface area contributed by atoms with Crippen LogP contribution in [-0.4, -0.2) is 25.0 Å². The van der Waals surface area contributed by atoms with Crippen LogP contribution in [0.4, 0.5) is 0 Å². The molecule has 0 atom stereocenters. The quantitative estimate of drug-likeness (QED) is 0.875. The predicted molar refractivity (Wildman–Crippen MR) is 67.9 cm³/mol. The second kappa shape index (κ2) is 4.76. The predicted octanol–water partition coefficient (Wildman–Crippen LogP) is 0.989. The number of nitrogens with two attached hydrogens (primary N) is 1. The maximum atomic E-state index is 11.7. The van der Waals surface area contributed by atoms with Gasteiger partial charge in [0.1, 0.15) is 0 Å². The first kappa shape index (κ1) is 12.5. The standard InChI is InChI=1S/C12H18N2O2S/c1-10-7-11(8-13)3-4-12(10)9-14-5-2-6-17(14,15)16/h3-4,7H,2,5-6,8-9,13H2,1H3. The van der Waals surface area contributed by atoms with Gasteiger partial charge in [-0.15, -0.1) is 0 Å². The van der Waals surface area contributed by atoms with Gasteiger partial charge in [0.05, 0.1) is 5.75 Å². The zero-order valence-corrected chi connectivity index (χ0v) is 10.8. The summed E-state index contributed by atoms with van der Waals surface area (Å²) >= 11 is 0. The Kier molecular flexibility index (Phi) is 3.51. The van der Waals surface area contributed by atoms with E-state index >= 15 is 0 Å². The van der Waals surface area contributed by atoms with E-state index in [-0.39, 0.29) is 5.75 Å². The minimum absolute atomic E-state index is 0.285. The molecular weight excluding hydrogens is 236 g/mol. The monoisotopic (exact) mass is 254 g/mol. The van der Waals surface area contributed by atoms with Gasteiger partial charge in [-0.3, -0.25) is 0 Å². The average molecular weight is 254 g/mol. The lowest BCUT2D eigenvalue weighted by Crippen LogP contribution is -2.25. The molecule has 1 saturated heterocycles. The molecule has 0 aliphatic carbocycles. The van der Waals surface area contributed by atoms with Crippen molar-refractivity contribution in [3.63, 3.8) is 0 Å². The van der Waals surface area contributed by atoms with Crippen LogP contribution in [0, 0.1) is 6.92 Å². The summed E-state index contributed by atoms with van der Waals surface area (Å²) in [6, 6.07) is 5.97. The fraction of sp³-hybridized carbons (Fsp3) is 0.500. The van der Waals surface area contributed by atoms with Gasteiger partial charge in [0, 0.05) is 19.6 Å². The molecule has 1 aliphatic heterocycles. The largest absolute Gasteiger partial charge is 0.326 e. The lowest BCUT2D eigenvalue weighted by molar-refractivity contribution is 0.439. The number of hydrogen-bond donors (Lipinski definition) is 1. The van der Waals surface area contributed by atoms with Crippen LogP contribution in [-0.2, 0) is 23.1 Å². The highest BCUT2D eigenvalue weighted by Crippen LogP contribution is 2.19. The van der Waals surface area contributed by atoms with E-state index < -0.39 is 10.0 Å². The van der Waals surface area contributed by atoms with Crippen LogP contribution < -0.4 is 5.73 Å². The van der Waals surface area contributed by atoms with E-state index in [0.717, 1.165) is 23.1 Å². The van der Waals surface area contributed by atoms with E-state index in [4.69, 9.17) is 5.73 Å². The molecule has 0 spiro atoms. The lowest BCUT2D eigenvalue weighted by Gasteiger charge is -2.16. The molecule has 0 unspecified atom stereocenters. The minimum atomic E-state index is -3.01. The smallest absolute Gasteiger partial charge is 0.214 e. The number of benzene rings is 1. The van der Waals surface area contributed by atoms with Crippen LogP contribution >= 0.6 is 0 Å². The Morgan fingerprint density at radius 3 is 2.71 bits per heavy atom. The maximum absolute atomic E-state index is 11.7. The number of nitrogens with zero attached hydrogens (tertiary/aromatic N) is 1. The van der Waals surface area contributed by atoms with Gasteiger partial charge < -0.3 is 5.73 Å². The second-order valence-corrected chi connectivity index (χ2v) is 6.56. The second-order valence-electron chi connectivity index (χ2n) is 4.47. The molecule has 17 heavy (non-hydrogen) atoms. The van der Waals surface area contributed by atoms with Gasteiger partial charge in [0.2, 0.25) is 10.0 Å². The molecule has 0 aromatic heterocycles. The van der Waals surface area contributed by atoms with Crippen LogP contribution in [0.25, 0.3) is 0 Å². The molecule has 5 heteroatoms. The van der Waals surface area contributed by atoms with Crippen molar-refractivity contribution in [2.45, 2.75) is 26.4 Å². The van der Waals surface area contributed by atoms with Gasteiger partial charge in [-0.1, -0.05) is 18.2 Å². The zero-order chi connectivity index (χ0) is 12.5. The highest BCUT2D eigenvalue weighted by Gasteiger charge is 2.28. The van der Waals surface area contributed by atoms with Crippen LogP contribution in [0.2, 0.25) is 0 Å². The first-order chi connectivity index (χ1) is 8.03. The first-order valence-corrected chi connectivity index (χ1v) is 7.40. The van der Waals surface area contributed by atoms with E-state index in [2.05, 4.69) is 0 Å². The summed E-state index contributed by atoms with van der Waals surface area (Å²) in [5.74, 6) is 0.285. The van der Waals surface area contributed by atoms with Crippen molar-refractivity contribution in [3.8, 4) is 0 Å². The van der Waals surface area contributed by atoms with E-state index in [9.17, 15) is 8.42 Å². The Bertz CT molecular complexity index is 511. The number of hydrogen-bond acceptors (Lipinski definition) is 3. The summed E-state index contributed by atoms with van der Waals surface area (Å²) in [6.07, 6.45) is 0.738. The molecule has 4 nitrogen and oxygen atoms in total. The molecular formula is C12H18N2O2S. The van der Waals surface area contributed by atoms with Gasteiger partial charge in [0.25, 0.3) is 0 Å². The van der Waals surface area contributed by atoms with E-state index in [0.29, 0.717) is 19.6 Å². The molecule has 0 radical (unpaired) electrons. The lowest BCUT2D eigenvalue weighted by atomic mass is 10.1. The van der Waals surface area contributed by atoms with E-state index in [1.165, 1.54) is 0 Å². The average Bonchev–Trinajstić information content (AvgIpc) is 2.61. The Balaban J connectivity index is 2.19.